The van der Waals surface area contributed by atoms with E-state index in [0.29, 0.717) is 23.8 Å². The molecule has 26 heavy (non-hydrogen) atoms. The van der Waals surface area contributed by atoms with Gasteiger partial charge in [0.2, 0.25) is 0 Å². The minimum Gasteiger partial charge on any atom is -0.351 e. The molecule has 0 radical (unpaired) electrons. The number of halogens is 1. The van der Waals surface area contributed by atoms with Crippen LogP contribution in [-0.2, 0) is 0 Å². The van der Waals surface area contributed by atoms with Crippen molar-refractivity contribution in [3.63, 3.8) is 0 Å². The number of nitrogens with one attached hydrogen (secondary N) is 2. The molecule has 3 rings (SSSR count). The van der Waals surface area contributed by atoms with Gasteiger partial charge in [-0.3, -0.25) is 14.9 Å². The number of hydrogen-bond acceptors (Lipinski definition) is 5. The van der Waals surface area contributed by atoms with Gasteiger partial charge in [0.05, 0.1) is 10.6 Å². The Hall–Kier alpha value is -2.45. The lowest BCUT2D eigenvalue weighted by atomic mass is 9.96. The number of carbonyl (C=O) groups is 1. The molecule has 1 unspecified atom stereocenters. The van der Waals surface area contributed by atoms with Crippen LogP contribution in [-0.4, -0.2) is 40.2 Å². The van der Waals surface area contributed by atoms with Crippen molar-refractivity contribution < 1.29 is 9.72 Å². The van der Waals surface area contributed by atoms with E-state index in [2.05, 4.69) is 15.7 Å². The molecule has 1 atom stereocenters. The second-order valence-corrected chi connectivity index (χ2v) is 6.18. The van der Waals surface area contributed by atoms with Crippen molar-refractivity contribution in [1.82, 2.24) is 20.4 Å². The number of non-ortho nitro benzene ring substituents is 1. The first-order chi connectivity index (χ1) is 12.1. The molecular weight excluding hydrogens is 358 g/mol. The Morgan fingerprint density at radius 2 is 2.27 bits per heavy atom. The van der Waals surface area contributed by atoms with Crippen molar-refractivity contribution in [2.24, 2.45) is 5.92 Å². The summed E-state index contributed by atoms with van der Waals surface area (Å²) in [6.07, 6.45) is 4.96. The summed E-state index contributed by atoms with van der Waals surface area (Å²) in [5, 5.41) is 21.3. The first kappa shape index (κ1) is 19.9. The lowest BCUT2D eigenvalue weighted by Crippen LogP contribution is -2.33. The lowest BCUT2D eigenvalue weighted by molar-refractivity contribution is -0.384. The molecule has 0 bridgehead atoms. The van der Waals surface area contributed by atoms with Crippen molar-refractivity contribution in [3.8, 4) is 5.69 Å². The number of hydrogen-bond donors (Lipinski definition) is 2. The summed E-state index contributed by atoms with van der Waals surface area (Å²) in [4.78, 5) is 22.6. The van der Waals surface area contributed by atoms with Gasteiger partial charge in [-0.25, -0.2) is 4.68 Å². The van der Waals surface area contributed by atoms with E-state index in [1.807, 2.05) is 0 Å². The van der Waals surface area contributed by atoms with E-state index in [1.165, 1.54) is 29.7 Å². The van der Waals surface area contributed by atoms with Gasteiger partial charge in [-0.1, -0.05) is 6.07 Å². The molecule has 1 fully saturated rings. The highest BCUT2D eigenvalue weighted by Crippen LogP contribution is 2.16. The maximum absolute atomic E-state index is 12.2. The second kappa shape index (κ2) is 9.30. The Bertz CT molecular complexity index is 758. The summed E-state index contributed by atoms with van der Waals surface area (Å²) >= 11 is 0. The molecule has 0 saturated carbocycles. The monoisotopic (exact) mass is 379 g/mol. The van der Waals surface area contributed by atoms with Crippen LogP contribution < -0.4 is 10.6 Å². The van der Waals surface area contributed by atoms with Crippen molar-refractivity contribution >= 4 is 24.0 Å². The number of nitro benzene ring substituents is 1. The van der Waals surface area contributed by atoms with Gasteiger partial charge in [-0.15, -0.1) is 12.4 Å². The van der Waals surface area contributed by atoms with Gasteiger partial charge in [0, 0.05) is 24.9 Å². The quantitative estimate of drug-likeness (QED) is 0.592. The van der Waals surface area contributed by atoms with Gasteiger partial charge in [-0.05, 0) is 50.4 Å². The number of benzene rings is 1. The fourth-order valence-electron chi connectivity index (χ4n) is 2.99. The summed E-state index contributed by atoms with van der Waals surface area (Å²) < 4.78 is 1.47. The molecule has 9 heteroatoms. The predicted octanol–water partition coefficient (Wildman–Crippen LogP) is 2.32. The van der Waals surface area contributed by atoms with E-state index in [0.717, 1.165) is 19.5 Å². The second-order valence-electron chi connectivity index (χ2n) is 6.18. The third-order valence-corrected chi connectivity index (χ3v) is 4.36. The zero-order valence-electron chi connectivity index (χ0n) is 14.3. The zero-order valence-corrected chi connectivity index (χ0v) is 15.1. The number of amides is 1. The van der Waals surface area contributed by atoms with Crippen molar-refractivity contribution in [2.75, 3.05) is 19.6 Å². The molecule has 140 valence electrons. The average molecular weight is 380 g/mol. The Kier molecular flexibility index (Phi) is 7.11. The van der Waals surface area contributed by atoms with Crippen LogP contribution in [0.3, 0.4) is 0 Å². The van der Waals surface area contributed by atoms with E-state index >= 15 is 0 Å². The van der Waals surface area contributed by atoms with Gasteiger partial charge in [0.15, 0.2) is 5.69 Å². The molecular formula is C17H22ClN5O3. The molecule has 1 amide bonds. The third kappa shape index (κ3) is 5.03. The molecule has 8 nitrogen and oxygen atoms in total. The number of rotatable bonds is 6. The maximum atomic E-state index is 12.2. The molecule has 2 N–H and O–H groups in total. The molecule has 0 aliphatic carbocycles. The normalized spacial score (nSPS) is 16.5. The van der Waals surface area contributed by atoms with Crippen molar-refractivity contribution in [3.05, 3.63) is 52.3 Å². The fourth-order valence-corrected chi connectivity index (χ4v) is 2.99. The molecule has 1 aliphatic heterocycles. The van der Waals surface area contributed by atoms with E-state index in [4.69, 9.17) is 0 Å². The number of aromatic nitrogens is 2. The van der Waals surface area contributed by atoms with Crippen LogP contribution in [0.5, 0.6) is 0 Å². The van der Waals surface area contributed by atoms with Gasteiger partial charge >= 0.3 is 0 Å². The van der Waals surface area contributed by atoms with Gasteiger partial charge in [0.25, 0.3) is 11.6 Å². The third-order valence-electron chi connectivity index (χ3n) is 4.36. The maximum Gasteiger partial charge on any atom is 0.271 e. The summed E-state index contributed by atoms with van der Waals surface area (Å²) in [5.74, 6) is 0.379. The highest BCUT2D eigenvalue weighted by Gasteiger charge is 2.15. The molecule has 1 aromatic heterocycles. The van der Waals surface area contributed by atoms with Crippen molar-refractivity contribution in [1.29, 1.82) is 0 Å². The number of piperidine rings is 1. The molecule has 2 aromatic rings. The molecule has 1 aromatic carbocycles. The molecule has 1 saturated heterocycles. The summed E-state index contributed by atoms with van der Waals surface area (Å²) in [5.41, 5.74) is 0.829. The standard InChI is InChI=1S/C17H21N5O3.ClH/c23-17(19-9-6-13-3-2-8-18-12-13)16-7-10-21(20-16)14-4-1-5-15(11-14)22(24)25;/h1,4-5,7,10-11,13,18H,2-3,6,8-9,12H2,(H,19,23);1H. The fraction of sp³-hybridized carbons (Fsp3) is 0.412. The summed E-state index contributed by atoms with van der Waals surface area (Å²) in [6, 6.07) is 7.74. The van der Waals surface area contributed by atoms with Gasteiger partial charge in [0.1, 0.15) is 0 Å². The van der Waals surface area contributed by atoms with Crippen LogP contribution in [0.15, 0.2) is 36.5 Å². The Morgan fingerprint density at radius 3 is 3.00 bits per heavy atom. The van der Waals surface area contributed by atoms with E-state index in [1.54, 1.807) is 24.4 Å². The molecule has 2 heterocycles. The van der Waals surface area contributed by atoms with Crippen molar-refractivity contribution in [2.45, 2.75) is 19.3 Å². The van der Waals surface area contributed by atoms with Crippen LogP contribution >= 0.6 is 12.4 Å². The highest BCUT2D eigenvalue weighted by atomic mass is 35.5. The first-order valence-electron chi connectivity index (χ1n) is 8.43. The van der Waals surface area contributed by atoms with Crippen LogP contribution in [0.25, 0.3) is 5.69 Å². The number of nitrogens with zero attached hydrogens (tertiary/aromatic N) is 3. The first-order valence-corrected chi connectivity index (χ1v) is 8.43. The van der Waals surface area contributed by atoms with Crippen LogP contribution in [0.2, 0.25) is 0 Å². The van der Waals surface area contributed by atoms with E-state index < -0.39 is 4.92 Å². The SMILES string of the molecule is Cl.O=C(NCCC1CCCNC1)c1ccn(-c2cccc([N+](=O)[O-])c2)n1. The van der Waals surface area contributed by atoms with Gasteiger partial charge < -0.3 is 10.6 Å². The Morgan fingerprint density at radius 1 is 1.42 bits per heavy atom. The average Bonchev–Trinajstić information content (AvgIpc) is 3.13. The number of carbonyl (C=O) groups excluding carboxylic acids is 1. The van der Waals surface area contributed by atoms with Crippen LogP contribution in [0, 0.1) is 16.0 Å². The van der Waals surface area contributed by atoms with Gasteiger partial charge in [-0.2, -0.15) is 5.10 Å². The topological polar surface area (TPSA) is 102 Å². The Labute approximate surface area is 157 Å². The minimum atomic E-state index is -0.458. The highest BCUT2D eigenvalue weighted by molar-refractivity contribution is 5.92. The molecule has 0 spiro atoms. The number of nitro groups is 1. The summed E-state index contributed by atoms with van der Waals surface area (Å²) in [7, 11) is 0. The minimum absolute atomic E-state index is 0. The largest absolute Gasteiger partial charge is 0.351 e. The van der Waals surface area contributed by atoms with E-state index in [-0.39, 0.29) is 24.0 Å². The van der Waals surface area contributed by atoms with Crippen LogP contribution in [0.4, 0.5) is 5.69 Å². The molecule has 1 aliphatic rings. The smallest absolute Gasteiger partial charge is 0.271 e. The zero-order chi connectivity index (χ0) is 17.6. The summed E-state index contributed by atoms with van der Waals surface area (Å²) in [6.45, 7) is 2.71. The predicted molar refractivity (Wildman–Crippen MR) is 100 cm³/mol. The van der Waals surface area contributed by atoms with E-state index in [9.17, 15) is 14.9 Å². The Balaban J connectivity index is 0.00000243. The lowest BCUT2D eigenvalue weighted by Gasteiger charge is -2.22. The van der Waals surface area contributed by atoms with Crippen LogP contribution in [0.1, 0.15) is 29.8 Å².